The number of aromatic nitrogens is 2. The van der Waals surface area contributed by atoms with Gasteiger partial charge in [0.15, 0.2) is 0 Å². The quantitative estimate of drug-likeness (QED) is 0.902. The molecule has 2 unspecified atom stereocenters. The number of aliphatic hydroxyl groups is 1. The number of likely N-dealkylation sites (tertiary alicyclic amines) is 1. The van der Waals surface area contributed by atoms with Crippen molar-refractivity contribution in [3.8, 4) is 0 Å². The van der Waals surface area contributed by atoms with Gasteiger partial charge in [0, 0.05) is 19.0 Å². The Labute approximate surface area is 128 Å². The Morgan fingerprint density at radius 3 is 2.95 bits per heavy atom. The second kappa shape index (κ2) is 5.88. The van der Waals surface area contributed by atoms with Gasteiger partial charge in [0.25, 0.3) is 5.56 Å². The van der Waals surface area contributed by atoms with Gasteiger partial charge in [-0.3, -0.25) is 14.2 Å². The molecule has 0 saturated carbocycles. The standard InChI is InChI=1S/C16H19N3O3/c1-11(20)12-6-7-18(8-12)15(21)9-19-10-17-14-5-3-2-4-13(14)16(19)22/h2-5,10-12,20H,6-9H2,1H3. The summed E-state index contributed by atoms with van der Waals surface area (Å²) in [4.78, 5) is 30.6. The lowest BCUT2D eigenvalue weighted by molar-refractivity contribution is -0.131. The lowest BCUT2D eigenvalue weighted by atomic mass is 10.0. The summed E-state index contributed by atoms with van der Waals surface area (Å²) in [6.45, 7) is 2.91. The first-order valence-electron chi connectivity index (χ1n) is 7.46. The van der Waals surface area contributed by atoms with Crippen LogP contribution in [0.2, 0.25) is 0 Å². The van der Waals surface area contributed by atoms with Crippen LogP contribution in [0.15, 0.2) is 35.4 Å². The van der Waals surface area contributed by atoms with Crippen molar-refractivity contribution in [2.45, 2.75) is 26.0 Å². The minimum absolute atomic E-state index is 0.0107. The van der Waals surface area contributed by atoms with Crippen molar-refractivity contribution in [1.29, 1.82) is 0 Å². The van der Waals surface area contributed by atoms with Crippen LogP contribution in [0, 0.1) is 5.92 Å². The average Bonchev–Trinajstić information content (AvgIpc) is 3.00. The summed E-state index contributed by atoms with van der Waals surface area (Å²) in [6, 6.07) is 7.09. The average molecular weight is 301 g/mol. The summed E-state index contributed by atoms with van der Waals surface area (Å²) in [6.07, 6.45) is 1.81. The molecule has 1 amide bonds. The maximum absolute atomic E-state index is 12.4. The van der Waals surface area contributed by atoms with Crippen molar-refractivity contribution in [3.05, 3.63) is 40.9 Å². The zero-order valence-electron chi connectivity index (χ0n) is 12.5. The number of aliphatic hydroxyl groups excluding tert-OH is 1. The monoisotopic (exact) mass is 301 g/mol. The molecule has 1 aliphatic rings. The first kappa shape index (κ1) is 14.7. The van der Waals surface area contributed by atoms with Gasteiger partial charge in [-0.2, -0.15) is 0 Å². The highest BCUT2D eigenvalue weighted by Crippen LogP contribution is 2.19. The Bertz CT molecular complexity index is 754. The first-order valence-corrected chi connectivity index (χ1v) is 7.46. The number of fused-ring (bicyclic) bond motifs is 1. The highest BCUT2D eigenvalue weighted by Gasteiger charge is 2.29. The molecule has 2 heterocycles. The van der Waals surface area contributed by atoms with E-state index in [1.165, 1.54) is 10.9 Å². The maximum Gasteiger partial charge on any atom is 0.261 e. The molecule has 1 fully saturated rings. The van der Waals surface area contributed by atoms with Gasteiger partial charge in [-0.15, -0.1) is 0 Å². The third kappa shape index (κ3) is 2.74. The third-order valence-corrected chi connectivity index (χ3v) is 4.30. The summed E-state index contributed by atoms with van der Waals surface area (Å²) < 4.78 is 1.35. The van der Waals surface area contributed by atoms with Gasteiger partial charge in [-0.1, -0.05) is 12.1 Å². The number of carbonyl (C=O) groups is 1. The third-order valence-electron chi connectivity index (χ3n) is 4.30. The summed E-state index contributed by atoms with van der Waals surface area (Å²) in [5, 5.41) is 10.1. The molecular formula is C16H19N3O3. The molecule has 2 aromatic rings. The number of amides is 1. The Morgan fingerprint density at radius 1 is 1.45 bits per heavy atom. The smallest absolute Gasteiger partial charge is 0.261 e. The van der Waals surface area contributed by atoms with Crippen LogP contribution in [0.4, 0.5) is 0 Å². The molecule has 0 aliphatic carbocycles. The number of rotatable bonds is 3. The van der Waals surface area contributed by atoms with E-state index in [1.54, 1.807) is 30.0 Å². The number of para-hydroxylation sites is 1. The molecule has 1 aliphatic heterocycles. The SMILES string of the molecule is CC(O)C1CCN(C(=O)Cn2cnc3ccccc3c2=O)C1. The Balaban J connectivity index is 1.78. The van der Waals surface area contributed by atoms with E-state index in [4.69, 9.17) is 0 Å². The molecule has 1 aromatic carbocycles. The minimum Gasteiger partial charge on any atom is -0.393 e. The van der Waals surface area contributed by atoms with Gasteiger partial charge in [0.1, 0.15) is 6.54 Å². The zero-order valence-corrected chi connectivity index (χ0v) is 12.5. The van der Waals surface area contributed by atoms with Crippen LogP contribution < -0.4 is 5.56 Å². The Kier molecular flexibility index (Phi) is 3.94. The molecule has 3 rings (SSSR count). The molecule has 22 heavy (non-hydrogen) atoms. The fourth-order valence-electron chi connectivity index (χ4n) is 2.87. The van der Waals surface area contributed by atoms with E-state index in [-0.39, 0.29) is 23.9 Å². The fourth-order valence-corrected chi connectivity index (χ4v) is 2.87. The fraction of sp³-hybridized carbons (Fsp3) is 0.438. The molecule has 0 spiro atoms. The van der Waals surface area contributed by atoms with E-state index < -0.39 is 6.10 Å². The van der Waals surface area contributed by atoms with Crippen LogP contribution in [0.5, 0.6) is 0 Å². The van der Waals surface area contributed by atoms with E-state index in [9.17, 15) is 14.7 Å². The lowest BCUT2D eigenvalue weighted by Gasteiger charge is -2.18. The van der Waals surface area contributed by atoms with Crippen LogP contribution in [-0.2, 0) is 11.3 Å². The number of hydrogen-bond donors (Lipinski definition) is 1. The van der Waals surface area contributed by atoms with Crippen LogP contribution in [0.3, 0.4) is 0 Å². The molecule has 116 valence electrons. The second-order valence-electron chi connectivity index (χ2n) is 5.82. The van der Waals surface area contributed by atoms with Crippen LogP contribution >= 0.6 is 0 Å². The van der Waals surface area contributed by atoms with Crippen molar-refractivity contribution < 1.29 is 9.90 Å². The normalized spacial score (nSPS) is 19.5. The number of nitrogens with zero attached hydrogens (tertiary/aromatic N) is 3. The van der Waals surface area contributed by atoms with Gasteiger partial charge in [0.05, 0.1) is 23.3 Å². The predicted molar refractivity (Wildman–Crippen MR) is 82.4 cm³/mol. The summed E-state index contributed by atoms with van der Waals surface area (Å²) in [5.41, 5.74) is 0.428. The molecule has 1 saturated heterocycles. The topological polar surface area (TPSA) is 75.4 Å². The minimum atomic E-state index is -0.414. The predicted octanol–water partition coefficient (Wildman–Crippen LogP) is 0.626. The van der Waals surface area contributed by atoms with E-state index >= 15 is 0 Å². The lowest BCUT2D eigenvalue weighted by Crippen LogP contribution is -2.36. The Morgan fingerprint density at radius 2 is 2.23 bits per heavy atom. The van der Waals surface area contributed by atoms with Gasteiger partial charge in [-0.05, 0) is 25.5 Å². The molecule has 1 N–H and O–H groups in total. The molecule has 6 heteroatoms. The van der Waals surface area contributed by atoms with Crippen molar-refractivity contribution in [2.75, 3.05) is 13.1 Å². The molecule has 2 atom stereocenters. The van der Waals surface area contributed by atoms with Crippen molar-refractivity contribution >= 4 is 16.8 Å². The number of carbonyl (C=O) groups excluding carboxylic acids is 1. The van der Waals surface area contributed by atoms with Gasteiger partial charge >= 0.3 is 0 Å². The van der Waals surface area contributed by atoms with Gasteiger partial charge < -0.3 is 10.0 Å². The summed E-state index contributed by atoms with van der Waals surface area (Å²) in [5.74, 6) is 0.0118. The molecule has 0 bridgehead atoms. The summed E-state index contributed by atoms with van der Waals surface area (Å²) in [7, 11) is 0. The van der Waals surface area contributed by atoms with Crippen LogP contribution in [0.1, 0.15) is 13.3 Å². The molecule has 0 radical (unpaired) electrons. The van der Waals surface area contributed by atoms with Crippen LogP contribution in [0.25, 0.3) is 10.9 Å². The van der Waals surface area contributed by atoms with Gasteiger partial charge in [0.2, 0.25) is 5.91 Å². The van der Waals surface area contributed by atoms with Crippen molar-refractivity contribution in [3.63, 3.8) is 0 Å². The van der Waals surface area contributed by atoms with Crippen LogP contribution in [-0.4, -0.2) is 44.7 Å². The number of benzene rings is 1. The molecular weight excluding hydrogens is 282 g/mol. The Hall–Kier alpha value is -2.21. The number of hydrogen-bond acceptors (Lipinski definition) is 4. The van der Waals surface area contributed by atoms with Crippen molar-refractivity contribution in [1.82, 2.24) is 14.5 Å². The highest BCUT2D eigenvalue weighted by atomic mass is 16.3. The maximum atomic E-state index is 12.4. The molecule has 1 aromatic heterocycles. The highest BCUT2D eigenvalue weighted by molar-refractivity contribution is 5.79. The van der Waals surface area contributed by atoms with Crippen molar-refractivity contribution in [2.24, 2.45) is 5.92 Å². The summed E-state index contributed by atoms with van der Waals surface area (Å²) >= 11 is 0. The van der Waals surface area contributed by atoms with E-state index in [2.05, 4.69) is 4.98 Å². The van der Waals surface area contributed by atoms with E-state index in [1.807, 2.05) is 6.07 Å². The zero-order chi connectivity index (χ0) is 15.7. The first-order chi connectivity index (χ1) is 10.6. The molecule has 6 nitrogen and oxygen atoms in total. The van der Waals surface area contributed by atoms with E-state index in [0.717, 1.165) is 6.42 Å². The second-order valence-corrected chi connectivity index (χ2v) is 5.82. The van der Waals surface area contributed by atoms with E-state index in [0.29, 0.717) is 24.0 Å². The largest absolute Gasteiger partial charge is 0.393 e. The van der Waals surface area contributed by atoms with Gasteiger partial charge in [-0.25, -0.2) is 4.98 Å².